The number of morpholine rings is 1. The second-order valence-electron chi connectivity index (χ2n) is 9.29. The second kappa shape index (κ2) is 10.1. The zero-order chi connectivity index (χ0) is 19.4. The van der Waals surface area contributed by atoms with Crippen LogP contribution < -0.4 is 10.1 Å². The Bertz CT molecular complexity index is 548. The summed E-state index contributed by atoms with van der Waals surface area (Å²) in [6.45, 7) is 17.9. The summed E-state index contributed by atoms with van der Waals surface area (Å²) in [5, 5.41) is 3.33. The Hall–Kier alpha value is -0.810. The van der Waals surface area contributed by atoms with Crippen LogP contribution in [-0.2, 0) is 14.9 Å². The summed E-state index contributed by atoms with van der Waals surface area (Å²) < 4.78 is 17.7. The lowest BCUT2D eigenvalue weighted by Crippen LogP contribution is -2.46. The molecule has 0 amide bonds. The quantitative estimate of drug-likeness (QED) is 0.659. The molecule has 2 rings (SSSR count). The lowest BCUT2D eigenvalue weighted by atomic mass is 9.72. The van der Waals surface area contributed by atoms with Crippen LogP contribution in [0.1, 0.15) is 60.5 Å². The van der Waals surface area contributed by atoms with Crippen LogP contribution in [0.4, 0.5) is 0 Å². The van der Waals surface area contributed by atoms with E-state index < -0.39 is 0 Å². The van der Waals surface area contributed by atoms with Crippen LogP contribution in [0.3, 0.4) is 0 Å². The number of hydrogen-bond donors (Lipinski definition) is 1. The summed E-state index contributed by atoms with van der Waals surface area (Å²) in [5.74, 6) is 0.836. The molecule has 1 saturated heterocycles. The first-order chi connectivity index (χ1) is 12.1. The Balaban J connectivity index is 0.00000364. The van der Waals surface area contributed by atoms with E-state index >= 15 is 0 Å². The number of nitrogens with one attached hydrogen (secondary N) is 1. The van der Waals surface area contributed by atoms with Crippen LogP contribution in [-0.4, -0.2) is 38.2 Å². The highest BCUT2D eigenvalue weighted by atomic mass is 35.5. The number of benzene rings is 1. The Morgan fingerprint density at radius 1 is 1.11 bits per heavy atom. The minimum absolute atomic E-state index is 0. The molecule has 1 aliphatic heterocycles. The molecule has 1 heterocycles. The maximum atomic E-state index is 5.97. The van der Waals surface area contributed by atoms with E-state index in [1.807, 2.05) is 26.0 Å². The third-order valence-electron chi connectivity index (χ3n) is 4.80. The monoisotopic (exact) mass is 399 g/mol. The highest BCUT2D eigenvalue weighted by molar-refractivity contribution is 5.85. The predicted molar refractivity (Wildman–Crippen MR) is 114 cm³/mol. The Morgan fingerprint density at radius 2 is 1.74 bits per heavy atom. The molecular formula is C22H38ClNO3. The Kier molecular flexibility index (Phi) is 9.07. The van der Waals surface area contributed by atoms with Gasteiger partial charge in [0.25, 0.3) is 0 Å². The van der Waals surface area contributed by atoms with Crippen molar-refractivity contribution in [3.05, 3.63) is 29.8 Å². The van der Waals surface area contributed by atoms with Gasteiger partial charge in [0.05, 0.1) is 18.8 Å². The first-order valence-electron chi connectivity index (χ1n) is 9.82. The molecule has 5 heteroatoms. The Morgan fingerprint density at radius 3 is 2.26 bits per heavy atom. The van der Waals surface area contributed by atoms with Crippen molar-refractivity contribution in [1.29, 1.82) is 0 Å². The van der Waals surface area contributed by atoms with Crippen molar-refractivity contribution in [3.63, 3.8) is 0 Å². The maximum Gasteiger partial charge on any atom is 0.197 e. The van der Waals surface area contributed by atoms with E-state index in [1.165, 1.54) is 5.56 Å². The van der Waals surface area contributed by atoms with Gasteiger partial charge in [0.2, 0.25) is 0 Å². The van der Waals surface area contributed by atoms with Gasteiger partial charge in [-0.2, -0.15) is 0 Å². The fraction of sp³-hybridized carbons (Fsp3) is 0.727. The molecule has 1 aliphatic rings. The van der Waals surface area contributed by atoms with Crippen LogP contribution in [0.15, 0.2) is 24.3 Å². The lowest BCUT2D eigenvalue weighted by Gasteiger charge is -2.33. The van der Waals surface area contributed by atoms with Crippen molar-refractivity contribution in [1.82, 2.24) is 5.32 Å². The molecule has 0 saturated carbocycles. The van der Waals surface area contributed by atoms with Crippen LogP contribution in [0.2, 0.25) is 0 Å². The van der Waals surface area contributed by atoms with Gasteiger partial charge in [-0.25, -0.2) is 0 Å². The molecule has 1 fully saturated rings. The van der Waals surface area contributed by atoms with Crippen molar-refractivity contribution in [2.75, 3.05) is 19.7 Å². The number of hydrogen-bond acceptors (Lipinski definition) is 4. The fourth-order valence-electron chi connectivity index (χ4n) is 3.91. The molecule has 1 aromatic carbocycles. The largest absolute Gasteiger partial charge is 0.465 e. The van der Waals surface area contributed by atoms with Crippen molar-refractivity contribution >= 4 is 12.4 Å². The van der Waals surface area contributed by atoms with Crippen LogP contribution in [0.5, 0.6) is 5.75 Å². The molecule has 1 aromatic rings. The third-order valence-corrected chi connectivity index (χ3v) is 4.80. The second-order valence-corrected chi connectivity index (χ2v) is 9.29. The normalized spacial score (nSPS) is 20.5. The van der Waals surface area contributed by atoms with E-state index in [0.717, 1.165) is 31.9 Å². The molecule has 27 heavy (non-hydrogen) atoms. The van der Waals surface area contributed by atoms with E-state index in [9.17, 15) is 0 Å². The minimum Gasteiger partial charge on any atom is -0.465 e. The van der Waals surface area contributed by atoms with Gasteiger partial charge in [-0.05, 0) is 48.8 Å². The first kappa shape index (κ1) is 24.2. The molecule has 0 spiro atoms. The van der Waals surface area contributed by atoms with Crippen molar-refractivity contribution in [3.8, 4) is 5.75 Å². The van der Waals surface area contributed by atoms with Crippen molar-refractivity contribution < 1.29 is 14.2 Å². The summed E-state index contributed by atoms with van der Waals surface area (Å²) in [6, 6.07) is 8.43. The average molecular weight is 400 g/mol. The molecular weight excluding hydrogens is 362 g/mol. The zero-order valence-electron chi connectivity index (χ0n) is 18.0. The summed E-state index contributed by atoms with van der Waals surface area (Å²) in [7, 11) is 0. The van der Waals surface area contributed by atoms with Gasteiger partial charge in [0.15, 0.2) is 6.29 Å². The van der Waals surface area contributed by atoms with Gasteiger partial charge in [-0.1, -0.05) is 46.8 Å². The summed E-state index contributed by atoms with van der Waals surface area (Å²) in [5.41, 5.74) is 1.77. The molecule has 1 N–H and O–H groups in total. The topological polar surface area (TPSA) is 39.7 Å². The third kappa shape index (κ3) is 7.98. The van der Waals surface area contributed by atoms with Gasteiger partial charge in [0, 0.05) is 13.1 Å². The maximum absolute atomic E-state index is 5.97. The molecule has 0 bridgehead atoms. The van der Waals surface area contributed by atoms with Crippen LogP contribution in [0, 0.1) is 5.41 Å². The summed E-state index contributed by atoms with van der Waals surface area (Å²) in [6.07, 6.45) is 0.884. The van der Waals surface area contributed by atoms with Gasteiger partial charge in [-0.3, -0.25) is 0 Å². The smallest absolute Gasteiger partial charge is 0.197 e. The molecule has 156 valence electrons. The van der Waals surface area contributed by atoms with E-state index in [-0.39, 0.29) is 36.3 Å². The molecule has 3 unspecified atom stereocenters. The summed E-state index contributed by atoms with van der Waals surface area (Å²) in [4.78, 5) is 0. The highest BCUT2D eigenvalue weighted by Crippen LogP contribution is 2.36. The SMILES string of the molecule is CC(Oc1ccc(C(C)(C)CC(C)(C)C)cc1)OC(C)C1CNCCO1.Cl. The fourth-order valence-corrected chi connectivity index (χ4v) is 3.91. The molecule has 0 aromatic heterocycles. The number of halogens is 1. The summed E-state index contributed by atoms with van der Waals surface area (Å²) >= 11 is 0. The van der Waals surface area contributed by atoms with Crippen molar-refractivity contribution in [2.45, 2.75) is 78.8 Å². The number of ether oxygens (including phenoxy) is 3. The zero-order valence-corrected chi connectivity index (χ0v) is 18.8. The predicted octanol–water partition coefficient (Wildman–Crippen LogP) is 4.94. The molecule has 4 nitrogen and oxygen atoms in total. The van der Waals surface area contributed by atoms with E-state index in [1.54, 1.807) is 0 Å². The molecule has 3 atom stereocenters. The van der Waals surface area contributed by atoms with Crippen molar-refractivity contribution in [2.24, 2.45) is 5.41 Å². The highest BCUT2D eigenvalue weighted by Gasteiger charge is 2.27. The van der Waals surface area contributed by atoms with Gasteiger partial charge in [0.1, 0.15) is 5.75 Å². The Labute approximate surface area is 171 Å². The van der Waals surface area contributed by atoms with Gasteiger partial charge >= 0.3 is 0 Å². The van der Waals surface area contributed by atoms with Crippen LogP contribution >= 0.6 is 12.4 Å². The van der Waals surface area contributed by atoms with Gasteiger partial charge < -0.3 is 19.5 Å². The van der Waals surface area contributed by atoms with E-state index in [2.05, 4.69) is 52.1 Å². The molecule has 0 radical (unpaired) electrons. The van der Waals surface area contributed by atoms with Crippen LogP contribution in [0.25, 0.3) is 0 Å². The number of rotatable bonds is 7. The average Bonchev–Trinajstić information content (AvgIpc) is 2.54. The minimum atomic E-state index is -0.316. The van der Waals surface area contributed by atoms with E-state index in [0.29, 0.717) is 5.41 Å². The first-order valence-corrected chi connectivity index (χ1v) is 9.82. The molecule has 0 aliphatic carbocycles. The van der Waals surface area contributed by atoms with Gasteiger partial charge in [-0.15, -0.1) is 12.4 Å². The standard InChI is InChI=1S/C22H37NO3.ClH/c1-16(20-14-23-12-13-24-20)25-17(2)26-19-10-8-18(9-11-19)22(6,7)15-21(3,4)5;/h8-11,16-17,20,23H,12-15H2,1-7H3;1H. The lowest BCUT2D eigenvalue weighted by molar-refractivity contribution is -0.152. The van der Waals surface area contributed by atoms with E-state index in [4.69, 9.17) is 14.2 Å².